The van der Waals surface area contributed by atoms with Crippen molar-refractivity contribution in [2.45, 2.75) is 26.4 Å². The van der Waals surface area contributed by atoms with E-state index in [4.69, 9.17) is 0 Å². The van der Waals surface area contributed by atoms with Gasteiger partial charge in [0.15, 0.2) is 5.82 Å². The summed E-state index contributed by atoms with van der Waals surface area (Å²) in [6, 6.07) is -1.09. The molecule has 0 aliphatic rings. The van der Waals surface area contributed by atoms with Crippen molar-refractivity contribution in [1.29, 1.82) is 0 Å². The zero-order valence-electron chi connectivity index (χ0n) is 10.7. The highest BCUT2D eigenvalue weighted by Crippen LogP contribution is 2.28. The quantitative estimate of drug-likeness (QED) is 0.838. The van der Waals surface area contributed by atoms with Crippen LogP contribution in [0.3, 0.4) is 0 Å². The molecule has 0 aliphatic carbocycles. The van der Waals surface area contributed by atoms with E-state index >= 15 is 0 Å². The van der Waals surface area contributed by atoms with Gasteiger partial charge in [0.1, 0.15) is 12.7 Å². The summed E-state index contributed by atoms with van der Waals surface area (Å²) in [5.74, 6) is -1.34. The Morgan fingerprint density at radius 1 is 1.40 bits per heavy atom. The Hall–Kier alpha value is -2.26. The van der Waals surface area contributed by atoms with E-state index in [-0.39, 0.29) is 22.8 Å². The molecule has 0 amide bonds. The fraction of sp³-hybridized carbons (Fsp3) is 0.500. The summed E-state index contributed by atoms with van der Waals surface area (Å²) in [4.78, 5) is 18.8. The summed E-state index contributed by atoms with van der Waals surface area (Å²) in [5.41, 5.74) is 0. The van der Waals surface area contributed by atoms with E-state index in [1.165, 1.54) is 0 Å². The lowest BCUT2D eigenvalue weighted by molar-refractivity contribution is -0.146. The Bertz CT molecular complexity index is 601. The largest absolute Gasteiger partial charge is 0.451 e. The molecule has 0 fully saturated rings. The average Bonchev–Trinajstić information content (AvgIpc) is 2.93. The molecule has 0 unspecified atom stereocenters. The average molecular weight is 288 g/mol. The molecule has 0 spiro atoms. The van der Waals surface area contributed by atoms with Crippen LogP contribution in [0.1, 0.15) is 25.5 Å². The van der Waals surface area contributed by atoms with Gasteiger partial charge in [-0.2, -0.15) is 27.6 Å². The third-order valence-electron chi connectivity index (χ3n) is 2.29. The summed E-state index contributed by atoms with van der Waals surface area (Å²) in [7, 11) is 0. The number of nitrogens with zero attached hydrogens (tertiary/aromatic N) is 6. The normalized spacial score (nSPS) is 12.1. The van der Waals surface area contributed by atoms with Crippen molar-refractivity contribution < 1.29 is 18.0 Å². The lowest BCUT2D eigenvalue weighted by Crippen LogP contribution is -2.27. The molecule has 10 heteroatoms. The molecule has 20 heavy (non-hydrogen) atoms. The highest BCUT2D eigenvalue weighted by atomic mass is 19.4. The number of carbonyl (C=O) groups is 1. The number of halogens is 3. The van der Waals surface area contributed by atoms with Crippen molar-refractivity contribution >= 4 is 6.03 Å². The first-order chi connectivity index (χ1) is 9.29. The Balaban J connectivity index is 2.45. The second kappa shape index (κ2) is 5.02. The van der Waals surface area contributed by atoms with Crippen LogP contribution in [0.4, 0.5) is 18.0 Å². The number of aromatic nitrogens is 6. The van der Waals surface area contributed by atoms with Gasteiger partial charge < -0.3 is 0 Å². The molecule has 2 rings (SSSR count). The van der Waals surface area contributed by atoms with Gasteiger partial charge in [0, 0.05) is 6.42 Å². The molecule has 0 saturated heterocycles. The van der Waals surface area contributed by atoms with Crippen molar-refractivity contribution in [2.24, 2.45) is 5.92 Å². The van der Waals surface area contributed by atoms with Crippen LogP contribution in [-0.2, 0) is 12.6 Å². The van der Waals surface area contributed by atoms with E-state index in [2.05, 4.69) is 20.2 Å². The molecule has 2 heterocycles. The van der Waals surface area contributed by atoms with Crippen LogP contribution in [0.5, 0.6) is 0 Å². The summed E-state index contributed by atoms with van der Waals surface area (Å²) in [5, 5.41) is 7.11. The molecule has 0 N–H and O–H groups in total. The fourth-order valence-corrected chi connectivity index (χ4v) is 1.53. The zero-order valence-corrected chi connectivity index (χ0v) is 10.7. The van der Waals surface area contributed by atoms with Crippen molar-refractivity contribution in [1.82, 2.24) is 29.5 Å². The van der Waals surface area contributed by atoms with Gasteiger partial charge in [0.05, 0.1) is 0 Å². The standard InChI is InChI=1S/C10H11F3N6O/c1-6(2)3-7-16-8(10(11,12)13)19(17-7)9(20)18-5-14-4-15-18/h4-6H,3H2,1-2H3. The van der Waals surface area contributed by atoms with Crippen LogP contribution in [0.15, 0.2) is 12.7 Å². The monoisotopic (exact) mass is 288 g/mol. The topological polar surface area (TPSA) is 78.5 Å². The molecular weight excluding hydrogens is 277 g/mol. The van der Waals surface area contributed by atoms with E-state index in [9.17, 15) is 18.0 Å². The van der Waals surface area contributed by atoms with Crippen LogP contribution < -0.4 is 0 Å². The third-order valence-corrected chi connectivity index (χ3v) is 2.29. The van der Waals surface area contributed by atoms with E-state index in [0.717, 1.165) is 12.7 Å². The Morgan fingerprint density at radius 2 is 2.10 bits per heavy atom. The number of alkyl halides is 3. The first kappa shape index (κ1) is 14.2. The Labute approximate surface area is 111 Å². The van der Waals surface area contributed by atoms with Crippen LogP contribution in [0, 0.1) is 5.92 Å². The molecule has 0 atom stereocenters. The van der Waals surface area contributed by atoms with Crippen molar-refractivity contribution in [2.75, 3.05) is 0 Å². The van der Waals surface area contributed by atoms with Gasteiger partial charge in [-0.05, 0) is 5.92 Å². The van der Waals surface area contributed by atoms with E-state index in [1.54, 1.807) is 0 Å². The van der Waals surface area contributed by atoms with E-state index in [0.29, 0.717) is 4.68 Å². The Kier molecular flexibility index (Phi) is 3.55. The van der Waals surface area contributed by atoms with Crippen molar-refractivity contribution in [3.05, 3.63) is 24.3 Å². The predicted octanol–water partition coefficient (Wildman–Crippen LogP) is 1.60. The fourth-order valence-electron chi connectivity index (χ4n) is 1.53. The Morgan fingerprint density at radius 3 is 2.60 bits per heavy atom. The minimum Gasteiger partial charge on any atom is -0.243 e. The van der Waals surface area contributed by atoms with Crippen LogP contribution in [0.25, 0.3) is 0 Å². The van der Waals surface area contributed by atoms with E-state index in [1.807, 2.05) is 13.8 Å². The second-order valence-electron chi connectivity index (χ2n) is 4.48. The molecule has 0 saturated carbocycles. The maximum Gasteiger partial charge on any atom is 0.451 e. The van der Waals surface area contributed by atoms with Crippen LogP contribution in [-0.4, -0.2) is 35.6 Å². The second-order valence-corrected chi connectivity index (χ2v) is 4.48. The molecular formula is C10H11F3N6O. The molecule has 0 aliphatic heterocycles. The van der Waals surface area contributed by atoms with Crippen LogP contribution in [0.2, 0.25) is 0 Å². The lowest BCUT2D eigenvalue weighted by atomic mass is 10.1. The summed E-state index contributed by atoms with van der Waals surface area (Å²) in [6.07, 6.45) is -2.51. The molecule has 2 aromatic rings. The SMILES string of the molecule is CC(C)Cc1nc(C(F)(F)F)n(C(=O)n2cncn2)n1. The minimum atomic E-state index is -4.78. The predicted molar refractivity (Wildman–Crippen MR) is 59.8 cm³/mol. The maximum absolute atomic E-state index is 12.9. The van der Waals surface area contributed by atoms with Gasteiger partial charge in [-0.1, -0.05) is 13.8 Å². The van der Waals surface area contributed by atoms with Crippen LogP contribution >= 0.6 is 0 Å². The zero-order chi connectivity index (χ0) is 14.9. The van der Waals surface area contributed by atoms with E-state index < -0.39 is 18.0 Å². The molecule has 0 radical (unpaired) electrons. The van der Waals surface area contributed by atoms with Gasteiger partial charge in [-0.25, -0.2) is 14.8 Å². The summed E-state index contributed by atoms with van der Waals surface area (Å²) in [6.45, 7) is 3.63. The highest BCUT2D eigenvalue weighted by molar-refractivity contribution is 5.77. The lowest BCUT2D eigenvalue weighted by Gasteiger charge is -2.06. The third kappa shape index (κ3) is 2.83. The molecule has 108 valence electrons. The van der Waals surface area contributed by atoms with Crippen molar-refractivity contribution in [3.63, 3.8) is 0 Å². The minimum absolute atomic E-state index is 0.0409. The first-order valence-corrected chi connectivity index (χ1v) is 5.71. The van der Waals surface area contributed by atoms with Gasteiger partial charge in [0.2, 0.25) is 5.82 Å². The number of hydrogen-bond donors (Lipinski definition) is 0. The molecule has 0 aromatic carbocycles. The van der Waals surface area contributed by atoms with Gasteiger partial charge in [-0.3, -0.25) is 0 Å². The smallest absolute Gasteiger partial charge is 0.243 e. The van der Waals surface area contributed by atoms with Gasteiger partial charge in [-0.15, -0.1) is 5.10 Å². The maximum atomic E-state index is 12.9. The van der Waals surface area contributed by atoms with Gasteiger partial charge in [0.25, 0.3) is 0 Å². The molecule has 2 aromatic heterocycles. The highest BCUT2D eigenvalue weighted by Gasteiger charge is 2.40. The number of carbonyl (C=O) groups excluding carboxylic acids is 1. The first-order valence-electron chi connectivity index (χ1n) is 5.71. The molecule has 0 bridgehead atoms. The summed E-state index contributed by atoms with van der Waals surface area (Å²) < 4.78 is 39.5. The molecule has 7 nitrogen and oxygen atoms in total. The van der Waals surface area contributed by atoms with Crippen molar-refractivity contribution in [3.8, 4) is 0 Å². The van der Waals surface area contributed by atoms with Gasteiger partial charge >= 0.3 is 12.2 Å². The number of hydrogen-bond acceptors (Lipinski definition) is 5. The number of rotatable bonds is 2. The summed E-state index contributed by atoms with van der Waals surface area (Å²) >= 11 is 0.